The Hall–Kier alpha value is -4.47. The summed E-state index contributed by atoms with van der Waals surface area (Å²) in [5, 5.41) is 9.35. The quantitative estimate of drug-likeness (QED) is 0.341. The van der Waals surface area contributed by atoms with Crippen molar-refractivity contribution < 1.29 is 13.9 Å². The molecule has 172 valence electrons. The summed E-state index contributed by atoms with van der Waals surface area (Å²) in [5.41, 5.74) is 10.3. The molecule has 5 N–H and O–H groups in total. The SMILES string of the molecule is CNC(=O)c1ccc(Nc2ncc3c(N)c(F)c(-c4cnc5c(c4C)NCCO5)cc3n2)cc1. The molecule has 0 unspecified atom stereocenters. The van der Waals surface area contributed by atoms with Crippen LogP contribution in [0.4, 0.5) is 27.4 Å². The molecular formula is C24H22FN7O2. The summed E-state index contributed by atoms with van der Waals surface area (Å²) in [4.78, 5) is 24.9. The molecule has 0 radical (unpaired) electrons. The normalized spacial score (nSPS) is 12.4. The van der Waals surface area contributed by atoms with Crippen molar-refractivity contribution in [3.05, 3.63) is 59.7 Å². The molecule has 3 heterocycles. The number of amides is 1. The number of nitrogen functional groups attached to an aromatic ring is 1. The van der Waals surface area contributed by atoms with Gasteiger partial charge in [-0.2, -0.15) is 0 Å². The number of nitrogens with zero attached hydrogens (tertiary/aromatic N) is 3. The Bertz CT molecular complexity index is 1420. The number of carbonyl (C=O) groups excluding carboxylic acids is 1. The Kier molecular flexibility index (Phi) is 5.33. The first-order chi connectivity index (χ1) is 16.5. The minimum atomic E-state index is -0.553. The van der Waals surface area contributed by atoms with Crippen molar-refractivity contribution in [3.8, 4) is 17.0 Å². The molecule has 2 aromatic carbocycles. The van der Waals surface area contributed by atoms with E-state index in [1.165, 1.54) is 6.20 Å². The number of rotatable bonds is 4. The molecular weight excluding hydrogens is 437 g/mol. The third-order valence-electron chi connectivity index (χ3n) is 5.73. The number of ether oxygens (including phenoxy) is 1. The van der Waals surface area contributed by atoms with Gasteiger partial charge in [0, 0.05) is 53.8 Å². The van der Waals surface area contributed by atoms with Crippen LogP contribution in [0.2, 0.25) is 0 Å². The van der Waals surface area contributed by atoms with Crippen LogP contribution in [-0.2, 0) is 0 Å². The van der Waals surface area contributed by atoms with E-state index in [0.717, 1.165) is 11.3 Å². The Balaban J connectivity index is 1.53. The van der Waals surface area contributed by atoms with Crippen molar-refractivity contribution in [2.45, 2.75) is 6.92 Å². The highest BCUT2D eigenvalue weighted by atomic mass is 19.1. The molecule has 5 rings (SSSR count). The maximum Gasteiger partial charge on any atom is 0.251 e. The molecule has 0 saturated heterocycles. The molecule has 1 aliphatic heterocycles. The predicted octanol–water partition coefficient (Wildman–Crippen LogP) is 3.63. The summed E-state index contributed by atoms with van der Waals surface area (Å²) in [6.45, 7) is 3.05. The van der Waals surface area contributed by atoms with Crippen LogP contribution in [0, 0.1) is 12.7 Å². The molecule has 0 fully saturated rings. The van der Waals surface area contributed by atoms with Gasteiger partial charge >= 0.3 is 0 Å². The third-order valence-corrected chi connectivity index (χ3v) is 5.73. The fourth-order valence-corrected chi connectivity index (χ4v) is 3.90. The van der Waals surface area contributed by atoms with Crippen molar-refractivity contribution in [1.82, 2.24) is 20.3 Å². The molecule has 0 spiro atoms. The van der Waals surface area contributed by atoms with Crippen LogP contribution in [0.25, 0.3) is 22.0 Å². The summed E-state index contributed by atoms with van der Waals surface area (Å²) in [5.74, 6) is 0.0841. The van der Waals surface area contributed by atoms with Crippen LogP contribution < -0.4 is 26.4 Å². The number of nitrogens with two attached hydrogens (primary N) is 1. The Morgan fingerprint density at radius 2 is 1.97 bits per heavy atom. The van der Waals surface area contributed by atoms with Crippen LogP contribution in [0.15, 0.2) is 42.7 Å². The van der Waals surface area contributed by atoms with Gasteiger partial charge in [-0.25, -0.2) is 19.3 Å². The molecule has 4 aromatic rings. The molecule has 2 aromatic heterocycles. The molecule has 9 nitrogen and oxygen atoms in total. The van der Waals surface area contributed by atoms with Crippen molar-refractivity contribution >= 4 is 39.8 Å². The lowest BCUT2D eigenvalue weighted by atomic mass is 9.98. The maximum atomic E-state index is 15.3. The zero-order valence-corrected chi connectivity index (χ0v) is 18.6. The van der Waals surface area contributed by atoms with E-state index in [2.05, 4.69) is 30.9 Å². The molecule has 0 atom stereocenters. The number of halogens is 1. The second-order valence-electron chi connectivity index (χ2n) is 7.81. The van der Waals surface area contributed by atoms with Gasteiger partial charge in [-0.15, -0.1) is 0 Å². The summed E-state index contributed by atoms with van der Waals surface area (Å²) >= 11 is 0. The van der Waals surface area contributed by atoms with Crippen LogP contribution in [0.5, 0.6) is 5.88 Å². The fourth-order valence-electron chi connectivity index (χ4n) is 3.90. The highest BCUT2D eigenvalue weighted by molar-refractivity contribution is 5.96. The van der Waals surface area contributed by atoms with Crippen LogP contribution >= 0.6 is 0 Å². The highest BCUT2D eigenvalue weighted by Gasteiger charge is 2.21. The summed E-state index contributed by atoms with van der Waals surface area (Å²) in [7, 11) is 1.58. The Labute approximate surface area is 194 Å². The Morgan fingerprint density at radius 1 is 1.18 bits per heavy atom. The van der Waals surface area contributed by atoms with Gasteiger partial charge in [0.05, 0.1) is 11.2 Å². The number of pyridine rings is 1. The first kappa shape index (κ1) is 21.4. The molecule has 1 amide bonds. The van der Waals surface area contributed by atoms with Gasteiger partial charge in [0.2, 0.25) is 11.8 Å². The lowest BCUT2D eigenvalue weighted by molar-refractivity contribution is 0.0963. The summed E-state index contributed by atoms with van der Waals surface area (Å²) < 4.78 is 20.9. The van der Waals surface area contributed by atoms with Gasteiger partial charge in [0.1, 0.15) is 12.3 Å². The largest absolute Gasteiger partial charge is 0.474 e. The number of aromatic nitrogens is 3. The third kappa shape index (κ3) is 3.68. The summed E-state index contributed by atoms with van der Waals surface area (Å²) in [6, 6.07) is 8.52. The zero-order chi connectivity index (χ0) is 23.8. The van der Waals surface area contributed by atoms with E-state index in [-0.39, 0.29) is 11.6 Å². The average Bonchev–Trinajstić information content (AvgIpc) is 2.87. The molecule has 0 bridgehead atoms. The van der Waals surface area contributed by atoms with Crippen LogP contribution in [0.1, 0.15) is 15.9 Å². The first-order valence-electron chi connectivity index (χ1n) is 10.7. The van der Waals surface area contributed by atoms with E-state index in [1.807, 2.05) is 6.92 Å². The predicted molar refractivity (Wildman–Crippen MR) is 129 cm³/mol. The topological polar surface area (TPSA) is 127 Å². The highest BCUT2D eigenvalue weighted by Crippen LogP contribution is 2.39. The average molecular weight is 459 g/mol. The molecule has 0 saturated carbocycles. The van der Waals surface area contributed by atoms with E-state index < -0.39 is 5.82 Å². The lowest BCUT2D eigenvalue weighted by Crippen LogP contribution is -2.20. The number of fused-ring (bicyclic) bond motifs is 2. The van der Waals surface area contributed by atoms with E-state index in [9.17, 15) is 4.79 Å². The van der Waals surface area contributed by atoms with Gasteiger partial charge in [-0.05, 0) is 42.8 Å². The second-order valence-corrected chi connectivity index (χ2v) is 7.81. The van der Waals surface area contributed by atoms with Gasteiger partial charge in [0.25, 0.3) is 5.91 Å². The van der Waals surface area contributed by atoms with E-state index in [0.29, 0.717) is 58.3 Å². The van der Waals surface area contributed by atoms with E-state index in [4.69, 9.17) is 10.5 Å². The number of benzene rings is 2. The van der Waals surface area contributed by atoms with Gasteiger partial charge in [-0.1, -0.05) is 0 Å². The van der Waals surface area contributed by atoms with Crippen LogP contribution in [-0.4, -0.2) is 41.1 Å². The van der Waals surface area contributed by atoms with Crippen molar-refractivity contribution in [1.29, 1.82) is 0 Å². The number of anilines is 4. The number of hydrogen-bond donors (Lipinski definition) is 4. The number of nitrogens with one attached hydrogen (secondary N) is 3. The first-order valence-corrected chi connectivity index (χ1v) is 10.7. The van der Waals surface area contributed by atoms with Gasteiger partial charge in [-0.3, -0.25) is 4.79 Å². The van der Waals surface area contributed by atoms with Gasteiger partial charge in [0.15, 0.2) is 5.82 Å². The standard InChI is InChI=1S/C24H22FN7O2/c1-12-16(10-29-23-21(12)28-7-8-34-23)15-9-18-17(20(26)19(15)25)11-30-24(32-18)31-14-5-3-13(4-6-14)22(33)27-2/h3-6,9-11,28H,7-8,26H2,1-2H3,(H,27,33)(H,30,31,32). The van der Waals surface area contributed by atoms with Crippen LogP contribution in [0.3, 0.4) is 0 Å². The van der Waals surface area contributed by atoms with Gasteiger partial charge < -0.3 is 26.4 Å². The zero-order valence-electron chi connectivity index (χ0n) is 18.6. The number of carbonyl (C=O) groups is 1. The minimum Gasteiger partial charge on any atom is -0.474 e. The smallest absolute Gasteiger partial charge is 0.251 e. The second kappa shape index (κ2) is 8.47. The molecule has 10 heteroatoms. The molecule has 34 heavy (non-hydrogen) atoms. The fraction of sp³-hybridized carbons (Fsp3) is 0.167. The van der Waals surface area contributed by atoms with E-state index >= 15 is 4.39 Å². The number of hydrogen-bond acceptors (Lipinski definition) is 8. The lowest BCUT2D eigenvalue weighted by Gasteiger charge is -2.22. The van der Waals surface area contributed by atoms with Crippen molar-refractivity contribution in [2.24, 2.45) is 0 Å². The summed E-state index contributed by atoms with van der Waals surface area (Å²) in [6.07, 6.45) is 3.07. The molecule has 1 aliphatic rings. The Morgan fingerprint density at radius 3 is 2.74 bits per heavy atom. The minimum absolute atomic E-state index is 0.0321. The maximum absolute atomic E-state index is 15.3. The van der Waals surface area contributed by atoms with Crippen molar-refractivity contribution in [2.75, 3.05) is 36.6 Å². The molecule has 0 aliphatic carbocycles. The van der Waals surface area contributed by atoms with Crippen molar-refractivity contribution in [3.63, 3.8) is 0 Å². The van der Waals surface area contributed by atoms with E-state index in [1.54, 1.807) is 43.6 Å². The monoisotopic (exact) mass is 459 g/mol.